The van der Waals surface area contributed by atoms with Gasteiger partial charge in [0.05, 0.1) is 17.9 Å². The minimum Gasteiger partial charge on any atom is -0.337 e. The maximum atomic E-state index is 12.8. The number of carbonyl (C=O) groups excluding carboxylic acids is 2. The van der Waals surface area contributed by atoms with Crippen molar-refractivity contribution in [3.8, 4) is 0 Å². The number of nitrogens with zero attached hydrogens (tertiary/aromatic N) is 2. The van der Waals surface area contributed by atoms with Crippen LogP contribution >= 0.6 is 0 Å². The SMILES string of the molecule is Cc1nn(C)c(C)c1C(=O)NC1(C(=O)NOCC2CC2)CCCC1. The third-order valence-electron chi connectivity index (χ3n) is 5.16. The van der Waals surface area contributed by atoms with Gasteiger partial charge in [0.2, 0.25) is 0 Å². The molecule has 1 aromatic rings. The number of nitrogens with one attached hydrogen (secondary N) is 2. The Labute approximate surface area is 142 Å². The average molecular weight is 334 g/mol. The third kappa shape index (κ3) is 3.31. The lowest BCUT2D eigenvalue weighted by Gasteiger charge is -2.28. The largest absolute Gasteiger partial charge is 0.337 e. The standard InChI is InChI=1S/C17H26N4O3/c1-11-14(12(2)21(3)19-11)15(22)18-17(8-4-5-9-17)16(23)20-24-10-13-6-7-13/h13H,4-10H2,1-3H3,(H,18,22)(H,20,23). The Kier molecular flexibility index (Phi) is 4.62. The van der Waals surface area contributed by atoms with Crippen molar-refractivity contribution in [2.75, 3.05) is 6.61 Å². The smallest absolute Gasteiger partial charge is 0.269 e. The van der Waals surface area contributed by atoms with Gasteiger partial charge in [-0.1, -0.05) is 12.8 Å². The van der Waals surface area contributed by atoms with E-state index in [1.165, 1.54) is 0 Å². The van der Waals surface area contributed by atoms with Gasteiger partial charge in [-0.3, -0.25) is 19.1 Å². The van der Waals surface area contributed by atoms with E-state index in [0.717, 1.165) is 31.4 Å². The maximum absolute atomic E-state index is 12.8. The molecule has 3 rings (SSSR count). The Balaban J connectivity index is 1.70. The van der Waals surface area contributed by atoms with Crippen LogP contribution in [0.2, 0.25) is 0 Å². The van der Waals surface area contributed by atoms with Crippen molar-refractivity contribution in [2.24, 2.45) is 13.0 Å². The molecule has 0 atom stereocenters. The molecule has 2 N–H and O–H groups in total. The third-order valence-corrected chi connectivity index (χ3v) is 5.16. The second-order valence-corrected chi connectivity index (χ2v) is 7.10. The average Bonchev–Trinajstić information content (AvgIpc) is 3.16. The topological polar surface area (TPSA) is 85.2 Å². The van der Waals surface area contributed by atoms with E-state index < -0.39 is 5.54 Å². The van der Waals surface area contributed by atoms with Gasteiger partial charge in [0, 0.05) is 12.7 Å². The van der Waals surface area contributed by atoms with Crippen molar-refractivity contribution in [1.29, 1.82) is 0 Å². The summed E-state index contributed by atoms with van der Waals surface area (Å²) in [5.74, 6) is 0.0886. The molecule has 0 spiro atoms. The summed E-state index contributed by atoms with van der Waals surface area (Å²) in [6, 6.07) is 0. The highest BCUT2D eigenvalue weighted by atomic mass is 16.7. The maximum Gasteiger partial charge on any atom is 0.269 e. The van der Waals surface area contributed by atoms with Gasteiger partial charge in [-0.25, -0.2) is 5.48 Å². The van der Waals surface area contributed by atoms with Crippen LogP contribution in [0, 0.1) is 19.8 Å². The van der Waals surface area contributed by atoms with E-state index in [9.17, 15) is 9.59 Å². The van der Waals surface area contributed by atoms with Crippen LogP contribution in [0.4, 0.5) is 0 Å². The van der Waals surface area contributed by atoms with E-state index >= 15 is 0 Å². The summed E-state index contributed by atoms with van der Waals surface area (Å²) < 4.78 is 1.68. The number of aromatic nitrogens is 2. The zero-order valence-corrected chi connectivity index (χ0v) is 14.6. The fourth-order valence-corrected chi connectivity index (χ4v) is 3.38. The van der Waals surface area contributed by atoms with E-state index in [4.69, 9.17) is 4.84 Å². The molecule has 2 amide bonds. The molecule has 0 saturated heterocycles. The first-order valence-corrected chi connectivity index (χ1v) is 8.68. The molecule has 1 heterocycles. The van der Waals surface area contributed by atoms with E-state index in [1.807, 2.05) is 20.9 Å². The Morgan fingerprint density at radius 1 is 1.29 bits per heavy atom. The predicted octanol–water partition coefficient (Wildman–Crippen LogP) is 1.54. The summed E-state index contributed by atoms with van der Waals surface area (Å²) in [6.07, 6.45) is 5.43. The first kappa shape index (κ1) is 17.0. The Morgan fingerprint density at radius 3 is 2.50 bits per heavy atom. The number of rotatable bonds is 6. The lowest BCUT2D eigenvalue weighted by Crippen LogP contribution is -2.57. The van der Waals surface area contributed by atoms with Gasteiger partial charge in [0.15, 0.2) is 0 Å². The number of amides is 2. The minimum atomic E-state index is -0.880. The summed E-state index contributed by atoms with van der Waals surface area (Å²) in [5.41, 5.74) is 3.69. The first-order valence-electron chi connectivity index (χ1n) is 8.68. The summed E-state index contributed by atoms with van der Waals surface area (Å²) in [6.45, 7) is 4.22. The fraction of sp³-hybridized carbons (Fsp3) is 0.706. The number of hydroxylamine groups is 1. The molecule has 7 heteroatoms. The molecular formula is C17H26N4O3. The molecule has 2 fully saturated rings. The Hall–Kier alpha value is -1.89. The van der Waals surface area contributed by atoms with Gasteiger partial charge >= 0.3 is 0 Å². The molecule has 2 aliphatic rings. The molecule has 2 aliphatic carbocycles. The minimum absolute atomic E-state index is 0.239. The van der Waals surface area contributed by atoms with Crippen molar-refractivity contribution in [3.63, 3.8) is 0 Å². The lowest BCUT2D eigenvalue weighted by molar-refractivity contribution is -0.140. The van der Waals surface area contributed by atoms with Gasteiger partial charge in [-0.05, 0) is 45.4 Å². The van der Waals surface area contributed by atoms with Crippen LogP contribution in [-0.4, -0.2) is 33.7 Å². The second-order valence-electron chi connectivity index (χ2n) is 7.10. The zero-order valence-electron chi connectivity index (χ0n) is 14.6. The summed E-state index contributed by atoms with van der Waals surface area (Å²) in [7, 11) is 1.81. The van der Waals surface area contributed by atoms with Crippen molar-refractivity contribution >= 4 is 11.8 Å². The molecule has 2 saturated carbocycles. The number of carbonyl (C=O) groups is 2. The van der Waals surface area contributed by atoms with Gasteiger partial charge in [-0.2, -0.15) is 5.10 Å². The van der Waals surface area contributed by atoms with Crippen LogP contribution < -0.4 is 10.8 Å². The van der Waals surface area contributed by atoms with Crippen molar-refractivity contribution < 1.29 is 14.4 Å². The summed E-state index contributed by atoms with van der Waals surface area (Å²) in [4.78, 5) is 30.7. The number of hydrogen-bond donors (Lipinski definition) is 2. The van der Waals surface area contributed by atoms with Crippen LogP contribution in [0.5, 0.6) is 0 Å². The highest BCUT2D eigenvalue weighted by Crippen LogP contribution is 2.31. The summed E-state index contributed by atoms with van der Waals surface area (Å²) in [5, 5.41) is 7.25. The van der Waals surface area contributed by atoms with Gasteiger partial charge < -0.3 is 5.32 Å². The van der Waals surface area contributed by atoms with Crippen LogP contribution in [0.15, 0.2) is 0 Å². The molecule has 0 bridgehead atoms. The van der Waals surface area contributed by atoms with Crippen LogP contribution in [0.1, 0.15) is 60.3 Å². The Bertz CT molecular complexity index is 643. The zero-order chi connectivity index (χ0) is 17.3. The summed E-state index contributed by atoms with van der Waals surface area (Å²) >= 11 is 0. The van der Waals surface area contributed by atoms with Gasteiger partial charge in [-0.15, -0.1) is 0 Å². The lowest BCUT2D eigenvalue weighted by atomic mass is 9.95. The van der Waals surface area contributed by atoms with Gasteiger partial charge in [0.25, 0.3) is 11.8 Å². The molecular weight excluding hydrogens is 308 g/mol. The van der Waals surface area contributed by atoms with Crippen molar-refractivity contribution in [2.45, 2.75) is 57.9 Å². The normalized spacial score (nSPS) is 19.3. The molecule has 132 valence electrons. The second kappa shape index (κ2) is 6.55. The van der Waals surface area contributed by atoms with Gasteiger partial charge in [0.1, 0.15) is 5.54 Å². The van der Waals surface area contributed by atoms with E-state index in [0.29, 0.717) is 36.6 Å². The number of hydrogen-bond acceptors (Lipinski definition) is 4. The predicted molar refractivity (Wildman–Crippen MR) is 88.2 cm³/mol. The highest BCUT2D eigenvalue weighted by Gasteiger charge is 2.43. The van der Waals surface area contributed by atoms with E-state index in [-0.39, 0.29) is 11.8 Å². The molecule has 0 radical (unpaired) electrons. The number of aryl methyl sites for hydroxylation is 2. The molecule has 0 unspecified atom stereocenters. The van der Waals surface area contributed by atoms with E-state index in [2.05, 4.69) is 15.9 Å². The van der Waals surface area contributed by atoms with Crippen LogP contribution in [-0.2, 0) is 16.7 Å². The molecule has 0 aliphatic heterocycles. The monoisotopic (exact) mass is 334 g/mol. The van der Waals surface area contributed by atoms with Crippen molar-refractivity contribution in [3.05, 3.63) is 17.0 Å². The molecule has 1 aromatic heterocycles. The van der Waals surface area contributed by atoms with Crippen LogP contribution in [0.3, 0.4) is 0 Å². The molecule has 7 nitrogen and oxygen atoms in total. The quantitative estimate of drug-likeness (QED) is 0.773. The first-order chi connectivity index (χ1) is 11.4. The molecule has 0 aromatic carbocycles. The van der Waals surface area contributed by atoms with Crippen LogP contribution in [0.25, 0.3) is 0 Å². The van der Waals surface area contributed by atoms with E-state index in [1.54, 1.807) is 4.68 Å². The fourth-order valence-electron chi connectivity index (χ4n) is 3.38. The Morgan fingerprint density at radius 2 is 1.96 bits per heavy atom. The van der Waals surface area contributed by atoms with Crippen molar-refractivity contribution in [1.82, 2.24) is 20.6 Å². The molecule has 24 heavy (non-hydrogen) atoms. The highest BCUT2D eigenvalue weighted by molar-refractivity contribution is 6.00.